The second-order valence-electron chi connectivity index (χ2n) is 7.01. The maximum atomic E-state index is 13.5. The van der Waals surface area contributed by atoms with Crippen molar-refractivity contribution in [2.24, 2.45) is 4.40 Å². The molecule has 0 aliphatic carbocycles. The van der Waals surface area contributed by atoms with Gasteiger partial charge in [-0.25, -0.2) is 13.7 Å². The van der Waals surface area contributed by atoms with E-state index in [0.29, 0.717) is 5.01 Å². The van der Waals surface area contributed by atoms with E-state index >= 15 is 0 Å². The molecule has 3 aromatic rings. The zero-order valence-electron chi connectivity index (χ0n) is 17.5. The largest absolute Gasteiger partial charge is 0.375 e. The molecule has 0 spiro atoms. The number of carbonyl (C=O) groups is 1. The summed E-state index contributed by atoms with van der Waals surface area (Å²) in [7, 11) is -4.25. The number of rotatable bonds is 8. The minimum atomic E-state index is -4.25. The van der Waals surface area contributed by atoms with Crippen molar-refractivity contribution < 1.29 is 22.3 Å². The van der Waals surface area contributed by atoms with E-state index in [-0.39, 0.29) is 41.9 Å². The van der Waals surface area contributed by atoms with E-state index in [9.17, 15) is 17.6 Å². The predicted molar refractivity (Wildman–Crippen MR) is 128 cm³/mol. The molecular weight excluding hydrogens is 503 g/mol. The molecule has 0 saturated heterocycles. The molecule has 4 rings (SSSR count). The summed E-state index contributed by atoms with van der Waals surface area (Å²) in [5.74, 6) is -1.38. The highest BCUT2D eigenvalue weighted by atomic mass is 35.5. The highest BCUT2D eigenvalue weighted by Gasteiger charge is 2.33. The Morgan fingerprint density at radius 2 is 2.00 bits per heavy atom. The average Bonchev–Trinajstić information content (AvgIpc) is 3.35. The molecule has 12 heteroatoms. The Bertz CT molecular complexity index is 1350. The number of nitrogens with zero attached hydrogens (tertiary/aromatic N) is 3. The lowest BCUT2D eigenvalue weighted by Crippen LogP contribution is -2.40. The Balaban J connectivity index is 1.56. The van der Waals surface area contributed by atoms with Crippen LogP contribution in [0.25, 0.3) is 0 Å². The summed E-state index contributed by atoms with van der Waals surface area (Å²) >= 11 is 6.98. The van der Waals surface area contributed by atoms with Gasteiger partial charge in [-0.15, -0.1) is 15.7 Å². The number of amides is 1. The van der Waals surface area contributed by atoms with Crippen LogP contribution in [-0.4, -0.2) is 42.5 Å². The third-order valence-corrected chi connectivity index (χ3v) is 7.10. The minimum Gasteiger partial charge on any atom is -0.375 e. The van der Waals surface area contributed by atoms with Crippen LogP contribution < -0.4 is 5.32 Å². The van der Waals surface area contributed by atoms with Crippen molar-refractivity contribution >= 4 is 50.5 Å². The molecule has 2 aromatic carbocycles. The number of hydrogen-bond acceptors (Lipinski definition) is 6. The zero-order chi connectivity index (χ0) is 24.1. The molecule has 1 aromatic heterocycles. The molecule has 8 nitrogen and oxygen atoms in total. The second kappa shape index (κ2) is 10.4. The molecule has 0 radical (unpaired) electrons. The van der Waals surface area contributed by atoms with Gasteiger partial charge in [0.2, 0.25) is 0 Å². The predicted octanol–water partition coefficient (Wildman–Crippen LogP) is 4.02. The smallest absolute Gasteiger partial charge is 0.345 e. The first-order valence-corrected chi connectivity index (χ1v) is 12.6. The summed E-state index contributed by atoms with van der Waals surface area (Å²) in [4.78, 5) is 17.2. The third-order valence-electron chi connectivity index (χ3n) is 4.65. The zero-order valence-corrected chi connectivity index (χ0v) is 19.9. The van der Waals surface area contributed by atoms with Crippen LogP contribution in [0.2, 0.25) is 5.02 Å². The second-order valence-corrected chi connectivity index (χ2v) is 9.84. The Kier molecular flexibility index (Phi) is 7.37. The monoisotopic (exact) mass is 520 g/mol. The van der Waals surface area contributed by atoms with Crippen LogP contribution in [0.3, 0.4) is 0 Å². The summed E-state index contributed by atoms with van der Waals surface area (Å²) in [6.45, 7) is 0.151. The summed E-state index contributed by atoms with van der Waals surface area (Å²) < 4.78 is 49.7. The molecule has 1 amide bonds. The van der Waals surface area contributed by atoms with Crippen molar-refractivity contribution in [2.75, 3.05) is 18.5 Å². The maximum absolute atomic E-state index is 13.5. The Labute approximate surface area is 204 Å². The topological polar surface area (TPSA) is 101 Å². The first-order chi connectivity index (χ1) is 16.3. The number of aromatic nitrogens is 1. The van der Waals surface area contributed by atoms with E-state index < -0.39 is 21.9 Å². The molecule has 1 N–H and O–H groups in total. The number of carbonyl (C=O) groups excluding carboxylic acids is 1. The van der Waals surface area contributed by atoms with Gasteiger partial charge in [-0.3, -0.25) is 4.79 Å². The van der Waals surface area contributed by atoms with Gasteiger partial charge in [-0.05, 0) is 29.8 Å². The fourth-order valence-corrected chi connectivity index (χ4v) is 5.08. The Morgan fingerprint density at radius 3 is 2.71 bits per heavy atom. The van der Waals surface area contributed by atoms with Crippen LogP contribution in [0, 0.1) is 5.82 Å². The molecule has 0 fully saturated rings. The van der Waals surface area contributed by atoms with Crippen LogP contribution in [0.15, 0.2) is 76.3 Å². The molecule has 176 valence electrons. The van der Waals surface area contributed by atoms with E-state index in [2.05, 4.69) is 14.7 Å². The molecule has 34 heavy (non-hydrogen) atoms. The van der Waals surface area contributed by atoms with Crippen molar-refractivity contribution in [2.45, 2.75) is 6.61 Å². The number of anilines is 1. The fourth-order valence-electron chi connectivity index (χ4n) is 3.07. The van der Waals surface area contributed by atoms with Gasteiger partial charge in [0.1, 0.15) is 22.2 Å². The summed E-state index contributed by atoms with van der Waals surface area (Å²) in [6.07, 6.45) is 2.85. The Hall–Kier alpha value is -3.12. The SMILES string of the molecule is O=C(Nc1ccc(F)c(Cl)c1)C1=CC(c2nccs2)=NS(=O)(=O)N1CCOCc1ccccc1. The normalized spacial score (nSPS) is 14.9. The van der Waals surface area contributed by atoms with Gasteiger partial charge in [0.15, 0.2) is 0 Å². The average molecular weight is 521 g/mol. The van der Waals surface area contributed by atoms with Gasteiger partial charge in [0, 0.05) is 17.3 Å². The molecular formula is C22H18ClFN4O4S2. The molecule has 2 heterocycles. The number of benzene rings is 2. The van der Waals surface area contributed by atoms with Crippen molar-refractivity contribution in [3.8, 4) is 0 Å². The van der Waals surface area contributed by atoms with E-state index in [4.69, 9.17) is 16.3 Å². The number of hydrogen-bond donors (Lipinski definition) is 1. The summed E-state index contributed by atoms with van der Waals surface area (Å²) in [5.41, 5.74) is 0.991. The van der Waals surface area contributed by atoms with Gasteiger partial charge in [-0.1, -0.05) is 41.9 Å². The number of nitrogens with one attached hydrogen (secondary N) is 1. The van der Waals surface area contributed by atoms with Crippen molar-refractivity contribution in [3.63, 3.8) is 0 Å². The van der Waals surface area contributed by atoms with Gasteiger partial charge in [0.25, 0.3) is 5.91 Å². The maximum Gasteiger partial charge on any atom is 0.345 e. The van der Waals surface area contributed by atoms with Gasteiger partial charge < -0.3 is 10.1 Å². The highest BCUT2D eigenvalue weighted by molar-refractivity contribution is 7.88. The molecule has 0 saturated carbocycles. The van der Waals surface area contributed by atoms with E-state index in [1.807, 2.05) is 30.3 Å². The standard InChI is InChI=1S/C22H18ClFN4O4S2/c23-17-12-16(6-7-18(17)24)26-21(29)20-13-19(22-25-8-11-33-22)27-34(30,31)28(20)9-10-32-14-15-4-2-1-3-5-15/h1-8,11-13H,9-10,14H2,(H,26,29). The molecule has 1 aliphatic rings. The van der Waals surface area contributed by atoms with Crippen LogP contribution in [0.5, 0.6) is 0 Å². The van der Waals surface area contributed by atoms with Crippen LogP contribution in [-0.2, 0) is 26.3 Å². The number of allylic oxidation sites excluding steroid dienone is 1. The first kappa shape index (κ1) is 24.0. The number of halogens is 2. The third kappa shape index (κ3) is 5.68. The quantitative estimate of drug-likeness (QED) is 0.452. The molecule has 0 atom stereocenters. The fraction of sp³-hybridized carbons (Fsp3) is 0.136. The lowest BCUT2D eigenvalue weighted by atomic mass is 10.2. The van der Waals surface area contributed by atoms with Crippen LogP contribution in [0.4, 0.5) is 10.1 Å². The number of thiazole rings is 1. The van der Waals surface area contributed by atoms with Crippen LogP contribution >= 0.6 is 22.9 Å². The summed E-state index contributed by atoms with van der Waals surface area (Å²) in [6, 6.07) is 13.0. The molecule has 1 aliphatic heterocycles. The van der Waals surface area contributed by atoms with Crippen molar-refractivity contribution in [3.05, 3.63) is 93.3 Å². The van der Waals surface area contributed by atoms with E-state index in [0.717, 1.165) is 15.9 Å². The Morgan fingerprint density at radius 1 is 1.21 bits per heavy atom. The lowest BCUT2D eigenvalue weighted by molar-refractivity contribution is -0.113. The minimum absolute atomic E-state index is 0.0171. The van der Waals surface area contributed by atoms with Crippen LogP contribution in [0.1, 0.15) is 10.6 Å². The van der Waals surface area contributed by atoms with Gasteiger partial charge in [0.05, 0.1) is 24.8 Å². The van der Waals surface area contributed by atoms with Gasteiger partial charge >= 0.3 is 10.2 Å². The van der Waals surface area contributed by atoms with E-state index in [1.54, 1.807) is 5.38 Å². The lowest BCUT2D eigenvalue weighted by Gasteiger charge is -2.27. The number of ether oxygens (including phenoxy) is 1. The first-order valence-electron chi connectivity index (χ1n) is 9.96. The molecule has 0 unspecified atom stereocenters. The van der Waals surface area contributed by atoms with Gasteiger partial charge in [-0.2, -0.15) is 8.42 Å². The van der Waals surface area contributed by atoms with Crippen molar-refractivity contribution in [1.82, 2.24) is 9.29 Å². The van der Waals surface area contributed by atoms with Crippen molar-refractivity contribution in [1.29, 1.82) is 0 Å². The molecule has 0 bridgehead atoms. The highest BCUT2D eigenvalue weighted by Crippen LogP contribution is 2.25. The summed E-state index contributed by atoms with van der Waals surface area (Å²) in [5, 5.41) is 4.39. The van der Waals surface area contributed by atoms with E-state index in [1.165, 1.54) is 35.7 Å².